The van der Waals surface area contributed by atoms with Crippen LogP contribution in [0.4, 0.5) is 17.2 Å². The van der Waals surface area contributed by atoms with Crippen LogP contribution in [0.2, 0.25) is 0 Å². The van der Waals surface area contributed by atoms with E-state index in [4.69, 9.17) is 5.26 Å². The quantitative estimate of drug-likeness (QED) is 0.728. The third kappa shape index (κ3) is 4.10. The Morgan fingerprint density at radius 3 is 2.41 bits per heavy atom. The van der Waals surface area contributed by atoms with Gasteiger partial charge in [0.1, 0.15) is 23.4 Å². The number of rotatable bonds is 4. The van der Waals surface area contributed by atoms with Gasteiger partial charge in [-0.15, -0.1) is 0 Å². The number of anilines is 3. The lowest BCUT2D eigenvalue weighted by Gasteiger charge is -2.13. The van der Waals surface area contributed by atoms with Crippen molar-refractivity contribution < 1.29 is 4.79 Å². The first-order chi connectivity index (χ1) is 13.0. The zero-order valence-corrected chi connectivity index (χ0v) is 15.4. The molecule has 0 spiro atoms. The fourth-order valence-electron chi connectivity index (χ4n) is 2.76. The summed E-state index contributed by atoms with van der Waals surface area (Å²) in [6, 6.07) is 16.5. The van der Waals surface area contributed by atoms with Gasteiger partial charge in [-0.3, -0.25) is 4.79 Å². The molecule has 134 valence electrons. The van der Waals surface area contributed by atoms with Gasteiger partial charge in [-0.05, 0) is 44.0 Å². The molecule has 3 aromatic rings. The van der Waals surface area contributed by atoms with Crippen molar-refractivity contribution >= 4 is 23.1 Å². The van der Waals surface area contributed by atoms with Crippen LogP contribution in [0.3, 0.4) is 0 Å². The predicted molar refractivity (Wildman–Crippen MR) is 105 cm³/mol. The summed E-state index contributed by atoms with van der Waals surface area (Å²) < 4.78 is 0. The molecule has 0 saturated carbocycles. The number of benzene rings is 2. The Bertz CT molecular complexity index is 1030. The highest BCUT2D eigenvalue weighted by Crippen LogP contribution is 2.24. The summed E-state index contributed by atoms with van der Waals surface area (Å²) >= 11 is 0. The first-order valence-electron chi connectivity index (χ1n) is 8.47. The van der Waals surface area contributed by atoms with Crippen molar-refractivity contribution in [2.75, 3.05) is 10.6 Å². The van der Waals surface area contributed by atoms with E-state index in [1.54, 1.807) is 37.3 Å². The molecule has 2 aromatic carbocycles. The molecule has 2 N–H and O–H groups in total. The Hall–Kier alpha value is -3.72. The van der Waals surface area contributed by atoms with E-state index in [9.17, 15) is 4.79 Å². The summed E-state index contributed by atoms with van der Waals surface area (Å²) in [7, 11) is 0. The van der Waals surface area contributed by atoms with Crippen LogP contribution in [0, 0.1) is 32.1 Å². The molecule has 1 heterocycles. The van der Waals surface area contributed by atoms with Crippen molar-refractivity contribution in [2.45, 2.75) is 20.8 Å². The molecule has 1 amide bonds. The van der Waals surface area contributed by atoms with Crippen LogP contribution in [0.1, 0.15) is 33.0 Å². The minimum atomic E-state index is -0.396. The summed E-state index contributed by atoms with van der Waals surface area (Å²) in [4.78, 5) is 21.2. The van der Waals surface area contributed by atoms with Crippen molar-refractivity contribution in [3.63, 3.8) is 0 Å². The monoisotopic (exact) mass is 357 g/mol. The molecule has 6 nitrogen and oxygen atoms in total. The number of hydrogen-bond acceptors (Lipinski definition) is 5. The van der Waals surface area contributed by atoms with Crippen LogP contribution in [-0.2, 0) is 0 Å². The van der Waals surface area contributed by atoms with Gasteiger partial charge in [-0.1, -0.05) is 30.3 Å². The second-order valence-electron chi connectivity index (χ2n) is 6.19. The van der Waals surface area contributed by atoms with E-state index in [1.807, 2.05) is 32.0 Å². The molecule has 1 aromatic heterocycles. The molecular weight excluding hydrogens is 338 g/mol. The molecular formula is C21H19N5O. The lowest BCUT2D eigenvalue weighted by atomic mass is 10.1. The van der Waals surface area contributed by atoms with Gasteiger partial charge in [0, 0.05) is 11.8 Å². The Balaban J connectivity index is 1.89. The fraction of sp³-hybridized carbons (Fsp3) is 0.143. The number of amides is 1. The maximum Gasteiger partial charge on any atom is 0.274 e. The average Bonchev–Trinajstić information content (AvgIpc) is 2.65. The molecule has 6 heteroatoms. The van der Waals surface area contributed by atoms with Crippen LogP contribution < -0.4 is 10.6 Å². The number of nitrogens with one attached hydrogen (secondary N) is 2. The number of carbonyl (C=O) groups is 1. The van der Waals surface area contributed by atoms with Crippen molar-refractivity contribution in [1.29, 1.82) is 5.26 Å². The Kier molecular flexibility index (Phi) is 5.13. The molecule has 0 aliphatic heterocycles. The second-order valence-corrected chi connectivity index (χ2v) is 6.19. The molecule has 0 unspecified atom stereocenters. The van der Waals surface area contributed by atoms with E-state index in [-0.39, 0.29) is 5.69 Å². The van der Waals surface area contributed by atoms with Crippen molar-refractivity contribution in [1.82, 2.24) is 9.97 Å². The highest BCUT2D eigenvalue weighted by atomic mass is 16.1. The van der Waals surface area contributed by atoms with E-state index in [1.165, 1.54) is 0 Å². The fourth-order valence-corrected chi connectivity index (χ4v) is 2.76. The molecule has 0 fully saturated rings. The van der Waals surface area contributed by atoms with E-state index in [2.05, 4.69) is 26.7 Å². The number of nitriles is 1. The number of hydrogen-bond donors (Lipinski definition) is 2. The van der Waals surface area contributed by atoms with Gasteiger partial charge in [0.15, 0.2) is 0 Å². The normalized spacial score (nSPS) is 10.1. The second kappa shape index (κ2) is 7.67. The van der Waals surface area contributed by atoms with Crippen LogP contribution >= 0.6 is 0 Å². The van der Waals surface area contributed by atoms with Gasteiger partial charge in [0.05, 0.1) is 11.3 Å². The summed E-state index contributed by atoms with van der Waals surface area (Å²) in [5, 5.41) is 15.2. The minimum Gasteiger partial charge on any atom is -0.340 e. The number of aromatic nitrogens is 2. The highest BCUT2D eigenvalue weighted by Gasteiger charge is 2.13. The van der Waals surface area contributed by atoms with Crippen LogP contribution in [0.5, 0.6) is 0 Å². The summed E-state index contributed by atoms with van der Waals surface area (Å²) in [5.74, 6) is 0.622. The van der Waals surface area contributed by atoms with Crippen molar-refractivity contribution in [3.05, 3.63) is 76.7 Å². The van der Waals surface area contributed by atoms with E-state index in [0.29, 0.717) is 22.9 Å². The molecule has 0 radical (unpaired) electrons. The number of carbonyl (C=O) groups excluding carboxylic acids is 1. The average molecular weight is 357 g/mol. The zero-order chi connectivity index (χ0) is 19.4. The predicted octanol–water partition coefficient (Wildman–Crippen LogP) is 4.27. The largest absolute Gasteiger partial charge is 0.340 e. The molecule has 0 aliphatic carbocycles. The first kappa shape index (κ1) is 18.1. The third-order valence-corrected chi connectivity index (χ3v) is 4.10. The van der Waals surface area contributed by atoms with E-state index >= 15 is 0 Å². The maximum atomic E-state index is 12.6. The minimum absolute atomic E-state index is 0.226. The third-order valence-electron chi connectivity index (χ3n) is 4.10. The molecule has 0 bridgehead atoms. The Labute approximate surface area is 157 Å². The SMILES string of the molecule is Cc1nc(Nc2c(C)cccc2C)cc(C(=O)Nc2ccccc2C#N)n1. The van der Waals surface area contributed by atoms with Gasteiger partial charge in [-0.25, -0.2) is 9.97 Å². The van der Waals surface area contributed by atoms with Crippen molar-refractivity contribution in [3.8, 4) is 6.07 Å². The van der Waals surface area contributed by atoms with E-state index < -0.39 is 5.91 Å². The lowest BCUT2D eigenvalue weighted by Crippen LogP contribution is -2.16. The van der Waals surface area contributed by atoms with Gasteiger partial charge in [-0.2, -0.15) is 5.26 Å². The first-order valence-corrected chi connectivity index (χ1v) is 8.47. The maximum absolute atomic E-state index is 12.6. The molecule has 27 heavy (non-hydrogen) atoms. The molecule has 0 atom stereocenters. The Morgan fingerprint density at radius 1 is 1.00 bits per heavy atom. The smallest absolute Gasteiger partial charge is 0.274 e. The van der Waals surface area contributed by atoms with Crippen molar-refractivity contribution in [2.24, 2.45) is 0 Å². The number of nitrogens with zero attached hydrogens (tertiary/aromatic N) is 3. The summed E-state index contributed by atoms with van der Waals surface area (Å²) in [6.07, 6.45) is 0. The van der Waals surface area contributed by atoms with Crippen LogP contribution in [0.15, 0.2) is 48.5 Å². The van der Waals surface area contributed by atoms with E-state index in [0.717, 1.165) is 16.8 Å². The van der Waals surface area contributed by atoms with Gasteiger partial charge in [0.25, 0.3) is 5.91 Å². The Morgan fingerprint density at radius 2 is 1.70 bits per heavy atom. The molecule has 0 saturated heterocycles. The van der Waals surface area contributed by atoms with Crippen LogP contribution in [-0.4, -0.2) is 15.9 Å². The van der Waals surface area contributed by atoms with Gasteiger partial charge < -0.3 is 10.6 Å². The number of aryl methyl sites for hydroxylation is 3. The molecule has 3 rings (SSSR count). The van der Waals surface area contributed by atoms with Gasteiger partial charge >= 0.3 is 0 Å². The highest BCUT2D eigenvalue weighted by molar-refractivity contribution is 6.04. The lowest BCUT2D eigenvalue weighted by molar-refractivity contribution is 0.102. The molecule has 0 aliphatic rings. The summed E-state index contributed by atoms with van der Waals surface area (Å²) in [5.41, 5.74) is 4.19. The topological polar surface area (TPSA) is 90.7 Å². The summed E-state index contributed by atoms with van der Waals surface area (Å²) in [6.45, 7) is 5.75. The number of para-hydroxylation sites is 2. The van der Waals surface area contributed by atoms with Crippen LogP contribution in [0.25, 0.3) is 0 Å². The zero-order valence-electron chi connectivity index (χ0n) is 15.4. The standard InChI is InChI=1S/C21H19N5O/c1-13-7-6-8-14(2)20(13)26-19-11-18(23-15(3)24-19)21(27)25-17-10-5-4-9-16(17)12-22/h4-11H,1-3H3,(H,25,27)(H,23,24,26). The van der Waals surface area contributed by atoms with Gasteiger partial charge in [0.2, 0.25) is 0 Å².